The molecular weight excluding hydrogens is 474 g/mol. The molecule has 0 spiro atoms. The Morgan fingerprint density at radius 1 is 1.16 bits per heavy atom. The second-order valence-corrected chi connectivity index (χ2v) is 9.83. The number of hydrogen-bond donors (Lipinski definition) is 2. The molecule has 1 aromatic heterocycles. The smallest absolute Gasteiger partial charge is 0.307 e. The van der Waals surface area contributed by atoms with Crippen molar-refractivity contribution < 1.29 is 17.9 Å². The monoisotopic (exact) mass is 495 g/mol. The second-order valence-electron chi connectivity index (χ2n) is 6.92. The summed E-state index contributed by atoms with van der Waals surface area (Å²) in [5.74, 6) is -0.151. The summed E-state index contributed by atoms with van der Waals surface area (Å²) in [6.45, 7) is 2.28. The van der Waals surface area contributed by atoms with Crippen LogP contribution >= 0.6 is 22.9 Å². The predicted molar refractivity (Wildman–Crippen MR) is 126 cm³/mol. The minimum Gasteiger partial charge on any atom is -0.495 e. The summed E-state index contributed by atoms with van der Waals surface area (Å²) in [5, 5.41) is 4.96. The summed E-state index contributed by atoms with van der Waals surface area (Å²) in [4.78, 5) is 23.9. The molecule has 3 aromatic rings. The number of carbonyl (C=O) groups excluding carboxylic acids is 1. The average molecular weight is 496 g/mol. The zero-order valence-electron chi connectivity index (χ0n) is 17.4. The minimum absolute atomic E-state index is 0.0545. The number of carbonyl (C=O) groups is 1. The molecule has 0 saturated heterocycles. The Bertz CT molecular complexity index is 1270. The van der Waals surface area contributed by atoms with E-state index in [0.29, 0.717) is 29.4 Å². The lowest BCUT2D eigenvalue weighted by molar-refractivity contribution is -0.116. The fourth-order valence-electron chi connectivity index (χ4n) is 2.99. The van der Waals surface area contributed by atoms with Gasteiger partial charge < -0.3 is 14.6 Å². The molecule has 0 bridgehead atoms. The highest BCUT2D eigenvalue weighted by Crippen LogP contribution is 2.29. The predicted octanol–water partition coefficient (Wildman–Crippen LogP) is 4.10. The lowest BCUT2D eigenvalue weighted by Crippen LogP contribution is -2.18. The lowest BCUT2D eigenvalue weighted by atomic mass is 10.2. The number of aromatic nitrogens is 1. The number of halogens is 1. The Kier molecular flexibility index (Phi) is 7.60. The van der Waals surface area contributed by atoms with Crippen molar-refractivity contribution in [2.45, 2.75) is 31.2 Å². The summed E-state index contributed by atoms with van der Waals surface area (Å²) < 4.78 is 35.1. The van der Waals surface area contributed by atoms with Crippen LogP contribution in [0.2, 0.25) is 5.02 Å². The number of nitrogens with one attached hydrogen (secondary N) is 2. The second kappa shape index (κ2) is 10.2. The van der Waals surface area contributed by atoms with Crippen LogP contribution in [0.3, 0.4) is 0 Å². The van der Waals surface area contributed by atoms with Gasteiger partial charge in [0.05, 0.1) is 7.11 Å². The molecule has 11 heteroatoms. The molecule has 3 rings (SSSR count). The van der Waals surface area contributed by atoms with Crippen LogP contribution in [0.25, 0.3) is 0 Å². The van der Waals surface area contributed by atoms with Crippen LogP contribution < -0.4 is 19.6 Å². The van der Waals surface area contributed by atoms with Gasteiger partial charge in [-0.2, -0.15) is 0 Å². The third-order valence-corrected chi connectivity index (χ3v) is 7.13. The Labute approximate surface area is 194 Å². The molecule has 0 radical (unpaired) electrons. The zero-order chi connectivity index (χ0) is 23.3. The van der Waals surface area contributed by atoms with Crippen molar-refractivity contribution in [1.82, 2.24) is 4.57 Å². The molecule has 32 heavy (non-hydrogen) atoms. The van der Waals surface area contributed by atoms with E-state index in [2.05, 4.69) is 10.0 Å². The number of nitrogens with zero attached hydrogens (tertiary/aromatic N) is 1. The molecule has 2 N–H and O–H groups in total. The molecule has 0 unspecified atom stereocenters. The van der Waals surface area contributed by atoms with Gasteiger partial charge in [-0.1, -0.05) is 22.9 Å². The van der Waals surface area contributed by atoms with Crippen LogP contribution in [0.15, 0.2) is 57.5 Å². The van der Waals surface area contributed by atoms with Crippen molar-refractivity contribution in [1.29, 1.82) is 0 Å². The highest BCUT2D eigenvalue weighted by atomic mass is 35.5. The summed E-state index contributed by atoms with van der Waals surface area (Å²) in [6, 6.07) is 10.6. The van der Waals surface area contributed by atoms with E-state index >= 15 is 0 Å². The standard InChI is InChI=1S/C21H22ClN3O5S2/c1-14-13-31-21(27)25(14)11-3-4-20(26)23-17-9-10-18(30-2)19(12-17)32(28,29)24-16-7-5-15(22)6-8-16/h5-10,12-13,24H,3-4,11H2,1-2H3,(H,23,26). The van der Waals surface area contributed by atoms with Crippen molar-refractivity contribution in [3.8, 4) is 5.75 Å². The van der Waals surface area contributed by atoms with E-state index < -0.39 is 10.0 Å². The van der Waals surface area contributed by atoms with Crippen LogP contribution in [0, 0.1) is 6.92 Å². The van der Waals surface area contributed by atoms with Gasteiger partial charge in [-0.3, -0.25) is 14.3 Å². The zero-order valence-corrected chi connectivity index (χ0v) is 19.8. The van der Waals surface area contributed by atoms with Gasteiger partial charge in [-0.05, 0) is 55.8 Å². The molecule has 1 heterocycles. The van der Waals surface area contributed by atoms with Gasteiger partial charge in [0.2, 0.25) is 5.91 Å². The number of amides is 1. The quantitative estimate of drug-likeness (QED) is 0.464. The first-order valence-corrected chi connectivity index (χ1v) is 12.3. The van der Waals surface area contributed by atoms with Crippen molar-refractivity contribution in [2.24, 2.45) is 0 Å². The van der Waals surface area contributed by atoms with E-state index in [1.54, 1.807) is 40.3 Å². The molecule has 0 aliphatic carbocycles. The van der Waals surface area contributed by atoms with Crippen LogP contribution in [0.4, 0.5) is 11.4 Å². The number of methoxy groups -OCH3 is 1. The number of rotatable bonds is 9. The molecule has 0 aliphatic rings. The topological polar surface area (TPSA) is 106 Å². The van der Waals surface area contributed by atoms with Crippen LogP contribution in [-0.2, 0) is 21.4 Å². The van der Waals surface area contributed by atoms with E-state index in [1.165, 1.54) is 19.2 Å². The number of sulfonamides is 1. The van der Waals surface area contributed by atoms with Crippen LogP contribution in [-0.4, -0.2) is 26.0 Å². The fraction of sp³-hybridized carbons (Fsp3) is 0.238. The van der Waals surface area contributed by atoms with Gasteiger partial charge in [0.15, 0.2) is 0 Å². The third-order valence-electron chi connectivity index (χ3n) is 4.60. The van der Waals surface area contributed by atoms with Crippen LogP contribution in [0.5, 0.6) is 5.75 Å². The molecular formula is C21H22ClN3O5S2. The third kappa shape index (κ3) is 5.90. The number of benzene rings is 2. The summed E-state index contributed by atoms with van der Waals surface area (Å²) in [6.07, 6.45) is 0.654. The molecule has 0 fully saturated rings. The van der Waals surface area contributed by atoms with Crippen molar-refractivity contribution >= 4 is 50.2 Å². The van der Waals surface area contributed by atoms with Gasteiger partial charge in [0, 0.05) is 40.4 Å². The van der Waals surface area contributed by atoms with Gasteiger partial charge in [0.1, 0.15) is 10.6 Å². The minimum atomic E-state index is -3.99. The fourth-order valence-corrected chi connectivity index (χ4v) is 5.13. The first kappa shape index (κ1) is 23.8. The highest BCUT2D eigenvalue weighted by molar-refractivity contribution is 7.92. The van der Waals surface area contributed by atoms with Crippen LogP contribution in [0.1, 0.15) is 18.5 Å². The Morgan fingerprint density at radius 3 is 2.47 bits per heavy atom. The summed E-state index contributed by atoms with van der Waals surface area (Å²) in [5.41, 5.74) is 1.51. The number of thiazole rings is 1. The van der Waals surface area contributed by atoms with Gasteiger partial charge in [-0.25, -0.2) is 8.42 Å². The van der Waals surface area contributed by atoms with Gasteiger partial charge in [0.25, 0.3) is 10.0 Å². The largest absolute Gasteiger partial charge is 0.495 e. The average Bonchev–Trinajstić information content (AvgIpc) is 3.07. The number of aryl methyl sites for hydroxylation is 1. The Hall–Kier alpha value is -2.82. The maximum Gasteiger partial charge on any atom is 0.307 e. The first-order valence-electron chi connectivity index (χ1n) is 9.61. The van der Waals surface area contributed by atoms with E-state index in [9.17, 15) is 18.0 Å². The van der Waals surface area contributed by atoms with E-state index in [0.717, 1.165) is 17.0 Å². The SMILES string of the molecule is COc1ccc(NC(=O)CCCn2c(C)csc2=O)cc1S(=O)(=O)Nc1ccc(Cl)cc1. The van der Waals surface area contributed by atoms with E-state index in [1.807, 2.05) is 6.92 Å². The number of ether oxygens (including phenoxy) is 1. The summed E-state index contributed by atoms with van der Waals surface area (Å²) in [7, 11) is -2.63. The van der Waals surface area contributed by atoms with Gasteiger partial charge >= 0.3 is 4.87 Å². The molecule has 0 atom stereocenters. The molecule has 0 aliphatic heterocycles. The normalized spacial score (nSPS) is 11.2. The molecule has 0 saturated carbocycles. The molecule has 8 nitrogen and oxygen atoms in total. The first-order chi connectivity index (χ1) is 15.2. The van der Waals surface area contributed by atoms with Gasteiger partial charge in [-0.15, -0.1) is 0 Å². The number of anilines is 2. The maximum absolute atomic E-state index is 12.9. The maximum atomic E-state index is 12.9. The Morgan fingerprint density at radius 2 is 1.84 bits per heavy atom. The lowest BCUT2D eigenvalue weighted by Gasteiger charge is -2.14. The van der Waals surface area contributed by atoms with E-state index in [4.69, 9.17) is 16.3 Å². The van der Waals surface area contributed by atoms with Crippen molar-refractivity contribution in [2.75, 3.05) is 17.1 Å². The number of hydrogen-bond acceptors (Lipinski definition) is 6. The van der Waals surface area contributed by atoms with E-state index in [-0.39, 0.29) is 27.8 Å². The molecule has 2 aromatic carbocycles. The van der Waals surface area contributed by atoms with Crippen molar-refractivity contribution in [3.05, 3.63) is 68.2 Å². The van der Waals surface area contributed by atoms with Crippen molar-refractivity contribution in [3.63, 3.8) is 0 Å². The highest BCUT2D eigenvalue weighted by Gasteiger charge is 2.21. The molecule has 1 amide bonds. The molecule has 170 valence electrons. The Balaban J connectivity index is 1.70. The summed E-state index contributed by atoms with van der Waals surface area (Å²) >= 11 is 6.97.